The second kappa shape index (κ2) is 5.18. The van der Waals surface area contributed by atoms with Crippen molar-refractivity contribution in [2.75, 3.05) is 0 Å². The van der Waals surface area contributed by atoms with Gasteiger partial charge in [-0.3, -0.25) is 0 Å². The van der Waals surface area contributed by atoms with E-state index in [1.54, 1.807) is 54.6 Å². The van der Waals surface area contributed by atoms with Crippen LogP contribution in [0.3, 0.4) is 0 Å². The van der Waals surface area contributed by atoms with Gasteiger partial charge >= 0.3 is 6.18 Å². The van der Waals surface area contributed by atoms with Crippen molar-refractivity contribution in [1.82, 2.24) is 4.98 Å². The Morgan fingerprint density at radius 1 is 0.909 bits per heavy atom. The van der Waals surface area contributed by atoms with Crippen molar-refractivity contribution in [3.63, 3.8) is 0 Å². The number of aromatic nitrogens is 1. The smallest absolute Gasteiger partial charge is 0.376 e. The van der Waals surface area contributed by atoms with Crippen LogP contribution in [0.2, 0.25) is 0 Å². The zero-order valence-corrected chi connectivity index (χ0v) is 11.6. The fourth-order valence-corrected chi connectivity index (χ4v) is 2.65. The minimum atomic E-state index is -4.78. The van der Waals surface area contributed by atoms with Crippen LogP contribution in [-0.2, 0) is 12.0 Å². The minimum Gasteiger partial charge on any atom is -0.376 e. The summed E-state index contributed by atoms with van der Waals surface area (Å²) >= 11 is 0. The molecular weight excluding hydrogens is 291 g/mol. The van der Waals surface area contributed by atoms with E-state index < -0.39 is 18.2 Å². The van der Waals surface area contributed by atoms with Crippen LogP contribution >= 0.6 is 0 Å². The van der Waals surface area contributed by atoms with Crippen molar-refractivity contribution in [2.45, 2.75) is 18.2 Å². The number of nitrogens with one attached hydrogen (secondary N) is 1. The normalized spacial score (nSPS) is 14.9. The highest BCUT2D eigenvalue weighted by Gasteiger charge is 2.55. The Labute approximate surface area is 125 Å². The van der Waals surface area contributed by atoms with E-state index in [0.717, 1.165) is 0 Å². The quantitative estimate of drug-likeness (QED) is 0.749. The van der Waals surface area contributed by atoms with Crippen LogP contribution in [0.15, 0.2) is 60.8 Å². The number of aliphatic hydroxyl groups is 1. The highest BCUT2D eigenvalue weighted by atomic mass is 19.4. The number of halogens is 3. The lowest BCUT2D eigenvalue weighted by atomic mass is 9.86. The monoisotopic (exact) mass is 305 g/mol. The maximum absolute atomic E-state index is 13.6. The summed E-state index contributed by atoms with van der Waals surface area (Å²) in [5.41, 5.74) is -2.10. The van der Waals surface area contributed by atoms with Crippen LogP contribution in [0.5, 0.6) is 0 Å². The number of alkyl halides is 3. The Morgan fingerprint density at radius 2 is 1.55 bits per heavy atom. The summed E-state index contributed by atoms with van der Waals surface area (Å²) in [5.74, 6) is 0. The molecule has 22 heavy (non-hydrogen) atoms. The van der Waals surface area contributed by atoms with E-state index in [0.29, 0.717) is 16.5 Å². The van der Waals surface area contributed by atoms with Crippen LogP contribution in [0.1, 0.15) is 11.1 Å². The van der Waals surface area contributed by atoms with Gasteiger partial charge < -0.3 is 10.1 Å². The van der Waals surface area contributed by atoms with E-state index in [9.17, 15) is 18.3 Å². The Bertz CT molecular complexity index is 779. The van der Waals surface area contributed by atoms with Crippen LogP contribution in [-0.4, -0.2) is 16.3 Å². The maximum Gasteiger partial charge on any atom is 0.421 e. The van der Waals surface area contributed by atoms with Gasteiger partial charge in [-0.2, -0.15) is 13.2 Å². The molecule has 114 valence electrons. The van der Waals surface area contributed by atoms with Crippen LogP contribution in [0.4, 0.5) is 13.2 Å². The van der Waals surface area contributed by atoms with Crippen LogP contribution in [0.25, 0.3) is 10.9 Å². The summed E-state index contributed by atoms with van der Waals surface area (Å²) in [7, 11) is 0. The van der Waals surface area contributed by atoms with Crippen LogP contribution < -0.4 is 0 Å². The van der Waals surface area contributed by atoms with E-state index in [1.807, 2.05) is 0 Å². The molecule has 0 saturated carbocycles. The molecule has 5 heteroatoms. The third-order valence-corrected chi connectivity index (χ3v) is 3.81. The lowest BCUT2D eigenvalue weighted by Crippen LogP contribution is -2.44. The number of para-hydroxylation sites is 1. The molecule has 0 fully saturated rings. The molecule has 2 aromatic carbocycles. The Morgan fingerprint density at radius 3 is 2.23 bits per heavy atom. The standard InChI is InChI=1S/C17H14F3NO/c18-17(19,20)16(22,10-12-6-2-1-3-7-12)14-11-21-15-9-5-4-8-13(14)15/h1-9,11,21-22H,10H2/t16-/m1/s1. The Kier molecular flexibility index (Phi) is 3.45. The topological polar surface area (TPSA) is 36.0 Å². The van der Waals surface area contributed by atoms with E-state index in [1.165, 1.54) is 6.20 Å². The van der Waals surface area contributed by atoms with Gasteiger partial charge in [0.1, 0.15) is 0 Å². The first-order valence-electron chi connectivity index (χ1n) is 6.81. The third kappa shape index (κ3) is 2.37. The lowest BCUT2D eigenvalue weighted by molar-refractivity contribution is -0.265. The summed E-state index contributed by atoms with van der Waals surface area (Å²) in [5, 5.41) is 10.9. The molecule has 3 rings (SSSR count). The van der Waals surface area contributed by atoms with Crippen molar-refractivity contribution in [1.29, 1.82) is 0 Å². The van der Waals surface area contributed by atoms with E-state index in [-0.39, 0.29) is 5.56 Å². The number of aromatic amines is 1. The number of benzene rings is 2. The molecule has 0 aliphatic rings. The molecule has 1 aromatic heterocycles. The molecule has 2 N–H and O–H groups in total. The van der Waals surface area contributed by atoms with E-state index in [4.69, 9.17) is 0 Å². The van der Waals surface area contributed by atoms with E-state index >= 15 is 0 Å². The third-order valence-electron chi connectivity index (χ3n) is 3.81. The lowest BCUT2D eigenvalue weighted by Gasteiger charge is -2.30. The highest BCUT2D eigenvalue weighted by Crippen LogP contribution is 2.44. The SMILES string of the molecule is O[C@](Cc1ccccc1)(c1c[nH]c2ccccc12)C(F)(F)F. The molecule has 3 aromatic rings. The van der Waals surface area contributed by atoms with Crippen molar-refractivity contribution >= 4 is 10.9 Å². The molecule has 0 amide bonds. The second-order valence-electron chi connectivity index (χ2n) is 5.27. The van der Waals surface area contributed by atoms with Gasteiger partial charge in [-0.05, 0) is 11.6 Å². The summed E-state index contributed by atoms with van der Waals surface area (Å²) < 4.78 is 40.9. The van der Waals surface area contributed by atoms with Gasteiger partial charge in [-0.15, -0.1) is 0 Å². The molecule has 1 atom stereocenters. The molecule has 0 unspecified atom stereocenters. The van der Waals surface area contributed by atoms with Gasteiger partial charge in [-0.25, -0.2) is 0 Å². The number of rotatable bonds is 3. The summed E-state index contributed by atoms with van der Waals surface area (Å²) in [6.45, 7) is 0. The molecule has 1 heterocycles. The summed E-state index contributed by atoms with van der Waals surface area (Å²) in [6, 6.07) is 14.8. The Balaban J connectivity index is 2.14. The first kappa shape index (κ1) is 14.7. The molecule has 0 saturated heterocycles. The molecule has 0 bridgehead atoms. The first-order valence-corrected chi connectivity index (χ1v) is 6.81. The molecule has 0 aliphatic carbocycles. The van der Waals surface area contributed by atoms with Crippen molar-refractivity contribution in [3.8, 4) is 0 Å². The van der Waals surface area contributed by atoms with Crippen LogP contribution in [0, 0.1) is 0 Å². The number of hydrogen-bond acceptors (Lipinski definition) is 1. The molecule has 0 aliphatic heterocycles. The fourth-order valence-electron chi connectivity index (χ4n) is 2.65. The highest BCUT2D eigenvalue weighted by molar-refractivity contribution is 5.84. The van der Waals surface area contributed by atoms with Gasteiger partial charge in [0, 0.05) is 29.1 Å². The van der Waals surface area contributed by atoms with Crippen molar-refractivity contribution in [2.24, 2.45) is 0 Å². The predicted octanol–water partition coefficient (Wildman–Crippen LogP) is 4.16. The van der Waals surface area contributed by atoms with Crippen molar-refractivity contribution in [3.05, 3.63) is 71.9 Å². The fraction of sp³-hybridized carbons (Fsp3) is 0.176. The molecule has 0 radical (unpaired) electrons. The van der Waals surface area contributed by atoms with Crippen molar-refractivity contribution < 1.29 is 18.3 Å². The van der Waals surface area contributed by atoms with E-state index in [2.05, 4.69) is 4.98 Å². The van der Waals surface area contributed by atoms with Gasteiger partial charge in [0.2, 0.25) is 0 Å². The average molecular weight is 305 g/mol. The molecule has 2 nitrogen and oxygen atoms in total. The summed E-state index contributed by atoms with van der Waals surface area (Å²) in [6.07, 6.45) is -4.08. The van der Waals surface area contributed by atoms with Gasteiger partial charge in [0.15, 0.2) is 5.60 Å². The minimum absolute atomic E-state index is 0.153. The second-order valence-corrected chi connectivity index (χ2v) is 5.27. The predicted molar refractivity (Wildman–Crippen MR) is 78.4 cm³/mol. The zero-order chi connectivity index (χ0) is 15.8. The largest absolute Gasteiger partial charge is 0.421 e. The first-order chi connectivity index (χ1) is 10.4. The number of hydrogen-bond donors (Lipinski definition) is 2. The summed E-state index contributed by atoms with van der Waals surface area (Å²) in [4.78, 5) is 2.79. The van der Waals surface area contributed by atoms with Gasteiger partial charge in [-0.1, -0.05) is 48.5 Å². The van der Waals surface area contributed by atoms with Gasteiger partial charge in [0.25, 0.3) is 0 Å². The molecule has 0 spiro atoms. The maximum atomic E-state index is 13.6. The Hall–Kier alpha value is -2.27. The average Bonchev–Trinajstić information content (AvgIpc) is 2.91. The van der Waals surface area contributed by atoms with Gasteiger partial charge in [0.05, 0.1) is 0 Å². The number of H-pyrrole nitrogens is 1. The number of fused-ring (bicyclic) bond motifs is 1. The molecular formula is C17H14F3NO. The zero-order valence-electron chi connectivity index (χ0n) is 11.6.